The van der Waals surface area contributed by atoms with Crippen molar-refractivity contribution in [2.45, 2.75) is 4.90 Å². The Morgan fingerprint density at radius 1 is 1.00 bits per heavy atom. The van der Waals surface area contributed by atoms with Gasteiger partial charge in [0.2, 0.25) is 0 Å². The molecule has 0 radical (unpaired) electrons. The van der Waals surface area contributed by atoms with Gasteiger partial charge in [-0.15, -0.1) is 0 Å². The van der Waals surface area contributed by atoms with Crippen molar-refractivity contribution < 1.29 is 31.9 Å². The summed E-state index contributed by atoms with van der Waals surface area (Å²) in [6.45, 7) is 0. The number of sulfonamides is 1. The van der Waals surface area contributed by atoms with Crippen molar-refractivity contribution in [2.24, 2.45) is 0 Å². The number of rotatable bonds is 7. The maximum Gasteiger partial charge on any atom is 0.339 e. The number of carbonyl (C=O) groups is 2. The Hall–Kier alpha value is -4.03. The fourth-order valence-electron chi connectivity index (χ4n) is 3.48. The Kier molecular flexibility index (Phi) is 7.41. The van der Waals surface area contributed by atoms with Crippen molar-refractivity contribution in [2.75, 3.05) is 14.2 Å². The van der Waals surface area contributed by atoms with E-state index in [4.69, 9.17) is 4.74 Å². The number of benzene rings is 3. The molecule has 0 fully saturated rings. The van der Waals surface area contributed by atoms with Gasteiger partial charge in [0.05, 0.1) is 31.0 Å². The minimum Gasteiger partial charge on any atom is -0.497 e. The number of esters is 1. The lowest BCUT2D eigenvalue weighted by atomic mass is 10.1. The summed E-state index contributed by atoms with van der Waals surface area (Å²) in [5.41, 5.74) is 0.725. The van der Waals surface area contributed by atoms with Gasteiger partial charge in [0.15, 0.2) is 0 Å². The van der Waals surface area contributed by atoms with Gasteiger partial charge >= 0.3 is 5.97 Å². The number of hydrogen-bond acceptors (Lipinski definition) is 7. The monoisotopic (exact) mass is 587 g/mol. The number of ether oxygens (including phenoxy) is 2. The summed E-state index contributed by atoms with van der Waals surface area (Å²) in [5, 5.41) is 4.45. The quantitative estimate of drug-likeness (QED) is 0.319. The van der Waals surface area contributed by atoms with E-state index in [2.05, 4.69) is 25.8 Å². The number of methoxy groups -OCH3 is 2. The molecule has 1 heterocycles. The van der Waals surface area contributed by atoms with Crippen molar-refractivity contribution in [3.05, 3.63) is 94.3 Å². The van der Waals surface area contributed by atoms with Crippen LogP contribution in [0.25, 0.3) is 16.9 Å². The van der Waals surface area contributed by atoms with Gasteiger partial charge in [-0.25, -0.2) is 27.0 Å². The SMILES string of the molecule is COC(=O)c1ccc(Br)cc1S(=O)(=O)NC(=O)c1cn(-c2ccc(F)cc2)nc1-c1cccc(OC)c1. The largest absolute Gasteiger partial charge is 0.497 e. The van der Waals surface area contributed by atoms with E-state index in [-0.39, 0.29) is 16.8 Å². The fraction of sp³-hybridized carbons (Fsp3) is 0.0800. The molecule has 37 heavy (non-hydrogen) atoms. The molecule has 0 saturated heterocycles. The van der Waals surface area contributed by atoms with Gasteiger partial charge < -0.3 is 9.47 Å². The average molecular weight is 588 g/mol. The van der Waals surface area contributed by atoms with Crippen LogP contribution in [-0.4, -0.2) is 44.3 Å². The molecule has 4 aromatic rings. The molecule has 1 amide bonds. The second kappa shape index (κ2) is 10.5. The van der Waals surface area contributed by atoms with E-state index in [1.165, 1.54) is 60.5 Å². The van der Waals surface area contributed by atoms with E-state index in [0.29, 0.717) is 21.5 Å². The molecule has 4 rings (SSSR count). The number of amides is 1. The van der Waals surface area contributed by atoms with Gasteiger partial charge in [-0.1, -0.05) is 28.1 Å². The van der Waals surface area contributed by atoms with Gasteiger partial charge in [-0.2, -0.15) is 5.10 Å². The summed E-state index contributed by atoms with van der Waals surface area (Å²) < 4.78 is 53.5. The molecule has 0 atom stereocenters. The van der Waals surface area contributed by atoms with Crippen LogP contribution in [0.4, 0.5) is 4.39 Å². The van der Waals surface area contributed by atoms with E-state index in [1.54, 1.807) is 24.3 Å². The van der Waals surface area contributed by atoms with Crippen LogP contribution in [0.2, 0.25) is 0 Å². The molecule has 0 bridgehead atoms. The highest BCUT2D eigenvalue weighted by Crippen LogP contribution is 2.28. The number of nitrogens with one attached hydrogen (secondary N) is 1. The zero-order valence-corrected chi connectivity index (χ0v) is 21.8. The standard InChI is InChI=1S/C25H19BrFN3O6S/c1-35-19-5-3-4-15(12-19)23-21(14-30(28-23)18-9-7-17(27)8-10-18)24(31)29-37(33,34)22-13-16(26)6-11-20(22)25(32)36-2/h3-14H,1-2H3,(H,29,31). The molecule has 0 unspecified atom stereocenters. The fourth-order valence-corrected chi connectivity index (χ4v) is 5.18. The lowest BCUT2D eigenvalue weighted by Crippen LogP contribution is -2.32. The summed E-state index contributed by atoms with van der Waals surface area (Å²) in [4.78, 5) is 25.1. The second-order valence-electron chi connectivity index (χ2n) is 7.61. The van der Waals surface area contributed by atoms with Gasteiger partial charge in [0.1, 0.15) is 22.2 Å². The third-order valence-corrected chi connectivity index (χ3v) is 7.12. The van der Waals surface area contributed by atoms with Crippen LogP contribution < -0.4 is 9.46 Å². The smallest absolute Gasteiger partial charge is 0.339 e. The van der Waals surface area contributed by atoms with E-state index in [1.807, 2.05) is 4.72 Å². The van der Waals surface area contributed by atoms with Gasteiger partial charge in [0, 0.05) is 16.2 Å². The lowest BCUT2D eigenvalue weighted by Gasteiger charge is -2.11. The minimum atomic E-state index is -4.53. The van der Waals surface area contributed by atoms with Crippen LogP contribution in [0.3, 0.4) is 0 Å². The number of nitrogens with zero attached hydrogens (tertiary/aromatic N) is 2. The number of halogens is 2. The van der Waals surface area contributed by atoms with Gasteiger partial charge in [0.25, 0.3) is 15.9 Å². The molecule has 0 aliphatic carbocycles. The molecule has 0 aliphatic heterocycles. The first-order chi connectivity index (χ1) is 17.6. The zero-order chi connectivity index (χ0) is 26.7. The third-order valence-electron chi connectivity index (χ3n) is 5.26. The van der Waals surface area contributed by atoms with Crippen LogP contribution in [0.1, 0.15) is 20.7 Å². The highest BCUT2D eigenvalue weighted by molar-refractivity contribution is 9.10. The van der Waals surface area contributed by atoms with Crippen LogP contribution in [-0.2, 0) is 14.8 Å². The van der Waals surface area contributed by atoms with Gasteiger partial charge in [-0.3, -0.25) is 4.79 Å². The number of carbonyl (C=O) groups excluding carboxylic acids is 2. The molecule has 0 spiro atoms. The normalized spacial score (nSPS) is 11.1. The highest BCUT2D eigenvalue weighted by Gasteiger charge is 2.28. The molecule has 1 N–H and O–H groups in total. The molecular formula is C25H19BrFN3O6S. The number of aromatic nitrogens is 2. The van der Waals surface area contributed by atoms with Crippen molar-refractivity contribution in [1.29, 1.82) is 0 Å². The van der Waals surface area contributed by atoms with E-state index >= 15 is 0 Å². The second-order valence-corrected chi connectivity index (χ2v) is 10.2. The molecule has 0 aliphatic rings. The highest BCUT2D eigenvalue weighted by atomic mass is 79.9. The van der Waals surface area contributed by atoms with Gasteiger partial charge in [-0.05, 0) is 54.6 Å². The molecule has 9 nitrogen and oxygen atoms in total. The van der Waals surface area contributed by atoms with Crippen LogP contribution in [0, 0.1) is 5.82 Å². The topological polar surface area (TPSA) is 117 Å². The van der Waals surface area contributed by atoms with Crippen molar-refractivity contribution in [3.8, 4) is 22.7 Å². The Labute approximate surface area is 220 Å². The maximum absolute atomic E-state index is 13.4. The summed E-state index contributed by atoms with van der Waals surface area (Å²) in [5.74, 6) is -1.85. The molecule has 1 aromatic heterocycles. The Morgan fingerprint density at radius 3 is 2.41 bits per heavy atom. The summed E-state index contributed by atoms with van der Waals surface area (Å²) in [6.07, 6.45) is 1.33. The summed E-state index contributed by atoms with van der Waals surface area (Å²) in [7, 11) is -1.94. The zero-order valence-electron chi connectivity index (χ0n) is 19.4. The Balaban J connectivity index is 1.80. The molecule has 0 saturated carbocycles. The predicted molar refractivity (Wildman–Crippen MR) is 136 cm³/mol. The summed E-state index contributed by atoms with van der Waals surface area (Å²) >= 11 is 3.18. The lowest BCUT2D eigenvalue weighted by molar-refractivity contribution is 0.0596. The van der Waals surface area contributed by atoms with E-state index in [0.717, 1.165) is 7.11 Å². The first-order valence-corrected chi connectivity index (χ1v) is 12.9. The van der Waals surface area contributed by atoms with Crippen LogP contribution in [0.5, 0.6) is 5.75 Å². The first-order valence-electron chi connectivity index (χ1n) is 10.6. The molecule has 3 aromatic carbocycles. The Bertz CT molecular complexity index is 1600. The van der Waals surface area contributed by atoms with Crippen molar-refractivity contribution in [3.63, 3.8) is 0 Å². The van der Waals surface area contributed by atoms with E-state index < -0.39 is 32.6 Å². The minimum absolute atomic E-state index is 0.0873. The third kappa shape index (κ3) is 5.54. The van der Waals surface area contributed by atoms with Crippen LogP contribution >= 0.6 is 15.9 Å². The van der Waals surface area contributed by atoms with Crippen molar-refractivity contribution >= 4 is 37.8 Å². The van der Waals surface area contributed by atoms with E-state index in [9.17, 15) is 22.4 Å². The molecule has 12 heteroatoms. The number of hydrogen-bond donors (Lipinski definition) is 1. The Morgan fingerprint density at radius 2 is 1.73 bits per heavy atom. The first kappa shape index (κ1) is 26.0. The predicted octanol–water partition coefficient (Wildman–Crippen LogP) is 4.35. The maximum atomic E-state index is 13.4. The van der Waals surface area contributed by atoms with Crippen LogP contribution in [0.15, 0.2) is 82.3 Å². The summed E-state index contributed by atoms with van der Waals surface area (Å²) in [6, 6.07) is 16.0. The van der Waals surface area contributed by atoms with Crippen molar-refractivity contribution in [1.82, 2.24) is 14.5 Å². The molecule has 190 valence electrons. The molecular weight excluding hydrogens is 569 g/mol. The average Bonchev–Trinajstić information content (AvgIpc) is 3.34.